The molecule has 0 saturated carbocycles. The number of hydrogen-bond acceptors (Lipinski definition) is 3. The summed E-state index contributed by atoms with van der Waals surface area (Å²) < 4.78 is 23.3. The summed E-state index contributed by atoms with van der Waals surface area (Å²) in [6.07, 6.45) is 3.37. The molecule has 0 amide bonds. The van der Waals surface area contributed by atoms with E-state index in [4.69, 9.17) is 0 Å². The Labute approximate surface area is 89.5 Å². The Bertz CT molecular complexity index is 488. The van der Waals surface area contributed by atoms with Crippen molar-refractivity contribution in [1.29, 1.82) is 0 Å². The Kier molecular flexibility index (Phi) is 3.68. The highest BCUT2D eigenvalue weighted by molar-refractivity contribution is 7.90. The van der Waals surface area contributed by atoms with Gasteiger partial charge in [-0.25, -0.2) is 8.42 Å². The van der Waals surface area contributed by atoms with Crippen molar-refractivity contribution in [2.75, 3.05) is 12.0 Å². The van der Waals surface area contributed by atoms with E-state index in [0.29, 0.717) is 13.0 Å². The first-order chi connectivity index (χ1) is 6.88. The van der Waals surface area contributed by atoms with Gasteiger partial charge in [-0.3, -0.25) is 4.79 Å². The Hall–Kier alpha value is -1.10. The third-order valence-corrected chi connectivity index (χ3v) is 3.10. The van der Waals surface area contributed by atoms with Gasteiger partial charge < -0.3 is 4.57 Å². The zero-order valence-electron chi connectivity index (χ0n) is 8.93. The molecule has 1 aromatic rings. The van der Waals surface area contributed by atoms with Gasteiger partial charge in [0.1, 0.15) is 9.84 Å². The van der Waals surface area contributed by atoms with Crippen molar-refractivity contribution >= 4 is 9.84 Å². The van der Waals surface area contributed by atoms with Crippen LogP contribution in [0.3, 0.4) is 0 Å². The molecule has 0 spiro atoms. The first kappa shape index (κ1) is 12.0. The van der Waals surface area contributed by atoms with E-state index in [1.54, 1.807) is 12.3 Å². The number of rotatable bonds is 4. The second kappa shape index (κ2) is 4.61. The van der Waals surface area contributed by atoms with Gasteiger partial charge in [0.05, 0.1) is 5.75 Å². The first-order valence-electron chi connectivity index (χ1n) is 4.73. The van der Waals surface area contributed by atoms with Crippen LogP contribution in [0.5, 0.6) is 0 Å². The topological polar surface area (TPSA) is 56.1 Å². The first-order valence-corrected chi connectivity index (χ1v) is 6.79. The van der Waals surface area contributed by atoms with Crippen molar-refractivity contribution in [1.82, 2.24) is 4.57 Å². The average molecular weight is 229 g/mol. The second-order valence-corrected chi connectivity index (χ2v) is 5.98. The van der Waals surface area contributed by atoms with Gasteiger partial charge in [0.2, 0.25) is 0 Å². The van der Waals surface area contributed by atoms with Crippen molar-refractivity contribution in [3.63, 3.8) is 0 Å². The highest BCUT2D eigenvalue weighted by Gasteiger charge is 2.02. The lowest BCUT2D eigenvalue weighted by molar-refractivity contribution is 0.589. The van der Waals surface area contributed by atoms with Crippen molar-refractivity contribution in [3.8, 4) is 0 Å². The van der Waals surface area contributed by atoms with Gasteiger partial charge in [-0.05, 0) is 25.0 Å². The fourth-order valence-corrected chi connectivity index (χ4v) is 1.94. The quantitative estimate of drug-likeness (QED) is 0.759. The van der Waals surface area contributed by atoms with Crippen molar-refractivity contribution in [2.24, 2.45) is 0 Å². The standard InChI is InChI=1S/C10H15NO3S/c1-9-4-6-11(10(12)8-9)5-3-7-15(2,13)14/h4,6,8H,3,5,7H2,1-2H3. The molecule has 0 N–H and O–H groups in total. The molecule has 0 saturated heterocycles. The van der Waals surface area contributed by atoms with Crippen LogP contribution in [0, 0.1) is 6.92 Å². The summed E-state index contributed by atoms with van der Waals surface area (Å²) in [5, 5.41) is 0. The fourth-order valence-electron chi connectivity index (χ4n) is 1.29. The molecule has 0 radical (unpaired) electrons. The van der Waals surface area contributed by atoms with E-state index in [0.717, 1.165) is 5.56 Å². The molecule has 5 heteroatoms. The molecule has 1 rings (SSSR count). The molecule has 0 aliphatic carbocycles. The predicted molar refractivity (Wildman–Crippen MR) is 59.8 cm³/mol. The van der Waals surface area contributed by atoms with E-state index < -0.39 is 9.84 Å². The van der Waals surface area contributed by atoms with E-state index in [-0.39, 0.29) is 11.3 Å². The van der Waals surface area contributed by atoms with E-state index in [1.807, 2.05) is 13.0 Å². The van der Waals surface area contributed by atoms with Gasteiger partial charge in [-0.1, -0.05) is 0 Å². The summed E-state index contributed by atoms with van der Waals surface area (Å²) in [6, 6.07) is 3.38. The maximum absolute atomic E-state index is 11.4. The summed E-state index contributed by atoms with van der Waals surface area (Å²) in [5.41, 5.74) is 0.836. The molecule has 1 aromatic heterocycles. The molecule has 0 aromatic carbocycles. The maximum Gasteiger partial charge on any atom is 0.250 e. The molecule has 84 valence electrons. The SMILES string of the molecule is Cc1ccn(CCCS(C)(=O)=O)c(=O)c1. The summed E-state index contributed by atoms with van der Waals surface area (Å²) in [4.78, 5) is 11.4. The summed E-state index contributed by atoms with van der Waals surface area (Å²) in [6.45, 7) is 2.30. The highest BCUT2D eigenvalue weighted by atomic mass is 32.2. The van der Waals surface area contributed by atoms with Crippen molar-refractivity contribution in [3.05, 3.63) is 34.2 Å². The molecule has 1 heterocycles. The van der Waals surface area contributed by atoms with E-state index in [9.17, 15) is 13.2 Å². The van der Waals surface area contributed by atoms with Gasteiger partial charge >= 0.3 is 0 Å². The minimum absolute atomic E-state index is 0.0801. The molecule has 0 aliphatic heterocycles. The van der Waals surface area contributed by atoms with E-state index in [1.165, 1.54) is 10.8 Å². The number of hydrogen-bond donors (Lipinski definition) is 0. The van der Waals surface area contributed by atoms with Crippen LogP contribution >= 0.6 is 0 Å². The minimum atomic E-state index is -2.93. The number of sulfone groups is 1. The van der Waals surface area contributed by atoms with Gasteiger partial charge in [-0.15, -0.1) is 0 Å². The van der Waals surface area contributed by atoms with Crippen LogP contribution in [0.4, 0.5) is 0 Å². The van der Waals surface area contributed by atoms with Crippen LogP contribution in [-0.2, 0) is 16.4 Å². The molecule has 0 atom stereocenters. The van der Waals surface area contributed by atoms with Crippen LogP contribution in [0.1, 0.15) is 12.0 Å². The largest absolute Gasteiger partial charge is 0.315 e. The molecular weight excluding hydrogens is 214 g/mol. The molecular formula is C10H15NO3S. The molecule has 0 bridgehead atoms. The number of aryl methyl sites for hydroxylation is 2. The smallest absolute Gasteiger partial charge is 0.250 e. The van der Waals surface area contributed by atoms with Crippen LogP contribution in [0.2, 0.25) is 0 Å². The van der Waals surface area contributed by atoms with Gasteiger partial charge in [-0.2, -0.15) is 0 Å². The molecule has 0 unspecified atom stereocenters. The third-order valence-electron chi connectivity index (χ3n) is 2.07. The summed E-state index contributed by atoms with van der Waals surface area (Å²) >= 11 is 0. The third kappa shape index (κ3) is 4.29. The normalized spacial score (nSPS) is 11.6. The minimum Gasteiger partial charge on any atom is -0.315 e. The van der Waals surface area contributed by atoms with Crippen LogP contribution in [-0.4, -0.2) is 25.0 Å². The van der Waals surface area contributed by atoms with Crippen LogP contribution < -0.4 is 5.56 Å². The Morgan fingerprint density at radius 3 is 2.60 bits per heavy atom. The van der Waals surface area contributed by atoms with Gasteiger partial charge in [0, 0.05) is 25.1 Å². The Morgan fingerprint density at radius 2 is 2.07 bits per heavy atom. The Morgan fingerprint density at radius 1 is 1.40 bits per heavy atom. The monoisotopic (exact) mass is 229 g/mol. The lowest BCUT2D eigenvalue weighted by Crippen LogP contribution is -2.20. The number of nitrogens with zero attached hydrogens (tertiary/aromatic N) is 1. The highest BCUT2D eigenvalue weighted by Crippen LogP contribution is 1.95. The zero-order valence-corrected chi connectivity index (χ0v) is 9.75. The van der Waals surface area contributed by atoms with Gasteiger partial charge in [0.25, 0.3) is 5.56 Å². The van der Waals surface area contributed by atoms with Crippen LogP contribution in [0.15, 0.2) is 23.1 Å². The number of aromatic nitrogens is 1. The maximum atomic E-state index is 11.4. The summed E-state index contributed by atoms with van der Waals surface area (Å²) in [5.74, 6) is 0.118. The van der Waals surface area contributed by atoms with Crippen molar-refractivity contribution < 1.29 is 8.42 Å². The average Bonchev–Trinajstić information content (AvgIpc) is 2.07. The second-order valence-electron chi connectivity index (χ2n) is 3.72. The molecule has 15 heavy (non-hydrogen) atoms. The number of pyridine rings is 1. The molecule has 0 fully saturated rings. The fraction of sp³-hybridized carbons (Fsp3) is 0.500. The zero-order chi connectivity index (χ0) is 11.5. The van der Waals surface area contributed by atoms with Crippen LogP contribution in [0.25, 0.3) is 0 Å². The Balaban J connectivity index is 2.63. The van der Waals surface area contributed by atoms with Gasteiger partial charge in [0.15, 0.2) is 0 Å². The van der Waals surface area contributed by atoms with Crippen molar-refractivity contribution in [2.45, 2.75) is 19.9 Å². The lowest BCUT2D eigenvalue weighted by atomic mass is 10.3. The molecule has 4 nitrogen and oxygen atoms in total. The predicted octanol–water partition coefficient (Wildman–Crippen LogP) is 0.591. The summed E-state index contributed by atoms with van der Waals surface area (Å²) in [7, 11) is -2.93. The lowest BCUT2D eigenvalue weighted by Gasteiger charge is -2.04. The van der Waals surface area contributed by atoms with E-state index >= 15 is 0 Å². The molecule has 0 aliphatic rings. The van der Waals surface area contributed by atoms with E-state index in [2.05, 4.69) is 0 Å².